The Hall–Kier alpha value is -2.02. The van der Waals surface area contributed by atoms with Crippen LogP contribution < -0.4 is 0 Å². The van der Waals surface area contributed by atoms with Crippen LogP contribution in [0.2, 0.25) is 10.0 Å². The first-order valence-corrected chi connectivity index (χ1v) is 7.48. The maximum absolute atomic E-state index is 12.5. The molecule has 1 aromatic heterocycles. The van der Waals surface area contributed by atoms with Crippen LogP contribution in [0.15, 0.2) is 23.8 Å². The molecule has 2 aromatic rings. The molecule has 1 aliphatic carbocycles. The molecule has 5 heteroatoms. The summed E-state index contributed by atoms with van der Waals surface area (Å²) < 4.78 is 1.81. The number of nitriles is 1. The predicted molar refractivity (Wildman–Crippen MR) is 87.3 cm³/mol. The lowest BCUT2D eigenvalue weighted by molar-refractivity contribution is 0.104. The predicted octanol–water partition coefficient (Wildman–Crippen LogP) is 4.33. The molecule has 0 fully saturated rings. The molecule has 0 aliphatic heterocycles. The number of aromatic nitrogens is 1. The molecule has 0 radical (unpaired) electrons. The van der Waals surface area contributed by atoms with Crippen molar-refractivity contribution in [1.29, 1.82) is 5.26 Å². The maximum atomic E-state index is 12.5. The van der Waals surface area contributed by atoms with E-state index in [1.807, 2.05) is 24.6 Å². The average molecular weight is 331 g/mol. The summed E-state index contributed by atoms with van der Waals surface area (Å²) in [7, 11) is 1.83. The second-order valence-electron chi connectivity index (χ2n) is 5.30. The molecule has 0 saturated carbocycles. The molecular weight excluding hydrogens is 319 g/mol. The number of rotatable bonds is 1. The van der Waals surface area contributed by atoms with E-state index in [1.54, 1.807) is 18.2 Å². The van der Waals surface area contributed by atoms with Gasteiger partial charge in [0.1, 0.15) is 11.8 Å². The topological polar surface area (TPSA) is 45.8 Å². The van der Waals surface area contributed by atoms with E-state index in [-0.39, 0.29) is 5.78 Å². The zero-order valence-corrected chi connectivity index (χ0v) is 13.6. The van der Waals surface area contributed by atoms with Gasteiger partial charge >= 0.3 is 0 Å². The van der Waals surface area contributed by atoms with Crippen molar-refractivity contribution < 1.29 is 4.79 Å². The van der Waals surface area contributed by atoms with Gasteiger partial charge in [-0.2, -0.15) is 5.26 Å². The molecule has 0 bridgehead atoms. The summed E-state index contributed by atoms with van der Waals surface area (Å²) in [4.78, 5) is 12.5. The monoisotopic (exact) mass is 330 g/mol. The van der Waals surface area contributed by atoms with Crippen molar-refractivity contribution in [3.05, 3.63) is 61.9 Å². The summed E-state index contributed by atoms with van der Waals surface area (Å²) in [6.07, 6.45) is 2.30. The Kier molecular flexibility index (Phi) is 3.60. The third-order valence-corrected chi connectivity index (χ3v) is 4.96. The fourth-order valence-corrected chi connectivity index (χ4v) is 3.11. The van der Waals surface area contributed by atoms with Gasteiger partial charge in [-0.1, -0.05) is 23.2 Å². The number of Topliss-reactive ketones (excluding diaryl/α,β-unsaturated/α-hetero) is 1. The number of hydrogen-bond donors (Lipinski definition) is 0. The summed E-state index contributed by atoms with van der Waals surface area (Å²) in [5.74, 6) is -0.0321. The van der Waals surface area contributed by atoms with Crippen LogP contribution in [0.1, 0.15) is 32.9 Å². The first-order chi connectivity index (χ1) is 10.4. The van der Waals surface area contributed by atoms with E-state index < -0.39 is 0 Å². The normalized spacial score (nSPS) is 15.2. The third kappa shape index (κ3) is 2.16. The lowest BCUT2D eigenvalue weighted by Gasteiger charge is -2.01. The zero-order chi connectivity index (χ0) is 16.0. The van der Waals surface area contributed by atoms with Gasteiger partial charge < -0.3 is 4.57 Å². The Labute approximate surface area is 138 Å². The Morgan fingerprint density at radius 3 is 2.73 bits per heavy atom. The number of fused-ring (bicyclic) bond motifs is 1. The minimum absolute atomic E-state index is 0.0321. The van der Waals surface area contributed by atoms with Crippen molar-refractivity contribution >= 4 is 35.1 Å². The van der Waals surface area contributed by atoms with Gasteiger partial charge in [0.25, 0.3) is 0 Å². The molecule has 0 amide bonds. The van der Waals surface area contributed by atoms with E-state index >= 15 is 0 Å². The third-order valence-electron chi connectivity index (χ3n) is 4.12. The minimum Gasteiger partial charge on any atom is -0.339 e. The Balaban J connectivity index is 2.07. The van der Waals surface area contributed by atoms with E-state index in [0.29, 0.717) is 33.3 Å². The second-order valence-corrected chi connectivity index (χ2v) is 6.09. The number of benzene rings is 1. The molecule has 0 atom stereocenters. The van der Waals surface area contributed by atoms with Crippen LogP contribution >= 0.6 is 23.2 Å². The van der Waals surface area contributed by atoms with Gasteiger partial charge in [0.15, 0.2) is 5.78 Å². The lowest BCUT2D eigenvalue weighted by Crippen LogP contribution is -1.96. The quantitative estimate of drug-likeness (QED) is 0.730. The fourth-order valence-electron chi connectivity index (χ4n) is 2.70. The summed E-state index contributed by atoms with van der Waals surface area (Å²) in [6, 6.07) is 7.28. The van der Waals surface area contributed by atoms with Gasteiger partial charge in [-0.3, -0.25) is 4.79 Å². The Morgan fingerprint density at radius 2 is 2.09 bits per heavy atom. The first kappa shape index (κ1) is 14.9. The van der Waals surface area contributed by atoms with Gasteiger partial charge in [-0.05, 0) is 42.3 Å². The van der Waals surface area contributed by atoms with Gasteiger partial charge in [0.05, 0.1) is 10.0 Å². The van der Waals surface area contributed by atoms with Crippen molar-refractivity contribution in [3.8, 4) is 6.07 Å². The van der Waals surface area contributed by atoms with E-state index in [1.165, 1.54) is 0 Å². The molecule has 1 aliphatic rings. The lowest BCUT2D eigenvalue weighted by atomic mass is 10.1. The van der Waals surface area contributed by atoms with Gasteiger partial charge in [-0.15, -0.1) is 0 Å². The molecule has 0 N–H and O–H groups in total. The number of hydrogen-bond acceptors (Lipinski definition) is 2. The van der Waals surface area contributed by atoms with Crippen LogP contribution in [-0.4, -0.2) is 10.4 Å². The van der Waals surface area contributed by atoms with Crippen molar-refractivity contribution in [2.45, 2.75) is 13.3 Å². The summed E-state index contributed by atoms with van der Waals surface area (Å²) in [6.45, 7) is 1.92. The minimum atomic E-state index is -0.0321. The van der Waals surface area contributed by atoms with Crippen LogP contribution in [0.25, 0.3) is 6.08 Å². The standard InChI is InChI=1S/C17H12Cl2N2O/c1-9-10(6-12(8-20)21(9)2)5-11-7-14-13(17(11)22)3-4-15(18)16(14)19/h3-6H,7H2,1-2H3/b11-5-. The molecule has 0 unspecified atom stereocenters. The smallest absolute Gasteiger partial charge is 0.189 e. The van der Waals surface area contributed by atoms with E-state index in [0.717, 1.165) is 16.8 Å². The van der Waals surface area contributed by atoms with Crippen LogP contribution in [-0.2, 0) is 13.5 Å². The van der Waals surface area contributed by atoms with E-state index in [4.69, 9.17) is 28.5 Å². The second kappa shape index (κ2) is 5.31. The summed E-state index contributed by atoms with van der Waals surface area (Å²) in [5.41, 5.74) is 4.43. The van der Waals surface area contributed by atoms with Crippen molar-refractivity contribution in [3.63, 3.8) is 0 Å². The maximum Gasteiger partial charge on any atom is 0.189 e. The highest BCUT2D eigenvalue weighted by Gasteiger charge is 2.28. The molecule has 3 nitrogen and oxygen atoms in total. The van der Waals surface area contributed by atoms with Crippen molar-refractivity contribution in [2.24, 2.45) is 7.05 Å². The highest BCUT2D eigenvalue weighted by molar-refractivity contribution is 6.43. The number of nitrogens with zero attached hydrogens (tertiary/aromatic N) is 2. The zero-order valence-electron chi connectivity index (χ0n) is 12.1. The van der Waals surface area contributed by atoms with Gasteiger partial charge in [0.2, 0.25) is 0 Å². The summed E-state index contributed by atoms with van der Waals surface area (Å²) >= 11 is 12.2. The molecule has 110 valence electrons. The number of carbonyl (C=O) groups excluding carboxylic acids is 1. The molecule has 0 spiro atoms. The molecule has 1 heterocycles. The van der Waals surface area contributed by atoms with Gasteiger partial charge in [-0.25, -0.2) is 0 Å². The van der Waals surface area contributed by atoms with Crippen LogP contribution in [0.3, 0.4) is 0 Å². The van der Waals surface area contributed by atoms with Crippen molar-refractivity contribution in [2.75, 3.05) is 0 Å². The molecule has 22 heavy (non-hydrogen) atoms. The molecular formula is C17H12Cl2N2O. The largest absolute Gasteiger partial charge is 0.339 e. The number of allylic oxidation sites excluding steroid dienone is 1. The van der Waals surface area contributed by atoms with Crippen molar-refractivity contribution in [1.82, 2.24) is 4.57 Å². The van der Waals surface area contributed by atoms with Crippen LogP contribution in [0, 0.1) is 18.3 Å². The van der Waals surface area contributed by atoms with Crippen LogP contribution in [0.5, 0.6) is 0 Å². The molecule has 3 rings (SSSR count). The molecule has 0 saturated heterocycles. The highest BCUT2D eigenvalue weighted by Crippen LogP contribution is 2.37. The average Bonchev–Trinajstić information content (AvgIpc) is 2.96. The first-order valence-electron chi connectivity index (χ1n) is 6.72. The Morgan fingerprint density at radius 1 is 1.36 bits per heavy atom. The van der Waals surface area contributed by atoms with Gasteiger partial charge in [0, 0.05) is 30.3 Å². The highest BCUT2D eigenvalue weighted by atomic mass is 35.5. The number of ketones is 1. The SMILES string of the molecule is Cc1c(/C=C2/Cc3c(ccc(Cl)c3Cl)C2=O)cc(C#N)n1C. The summed E-state index contributed by atoms with van der Waals surface area (Å²) in [5, 5.41) is 9.99. The number of halogens is 2. The molecule has 1 aromatic carbocycles. The van der Waals surface area contributed by atoms with Crippen LogP contribution in [0.4, 0.5) is 0 Å². The van der Waals surface area contributed by atoms with E-state index in [2.05, 4.69) is 6.07 Å². The Bertz CT molecular complexity index is 885. The van der Waals surface area contributed by atoms with E-state index in [9.17, 15) is 4.79 Å². The fraction of sp³-hybridized carbons (Fsp3) is 0.176. The number of carbonyl (C=O) groups is 1.